The van der Waals surface area contributed by atoms with Gasteiger partial charge in [0.05, 0.1) is 6.10 Å². The third-order valence-corrected chi connectivity index (χ3v) is 2.30. The summed E-state index contributed by atoms with van der Waals surface area (Å²) in [5.74, 6) is 0. The zero-order valence-electron chi connectivity index (χ0n) is 8.54. The molecule has 2 aliphatic carbocycles. The van der Waals surface area contributed by atoms with Crippen LogP contribution in [-0.4, -0.2) is 11.2 Å². The van der Waals surface area contributed by atoms with Crippen LogP contribution in [0, 0.1) is 0 Å². The summed E-state index contributed by atoms with van der Waals surface area (Å²) >= 11 is 0. The molecule has 0 atom stereocenters. The van der Waals surface area contributed by atoms with Crippen LogP contribution in [0.3, 0.4) is 0 Å². The fourth-order valence-corrected chi connectivity index (χ4v) is 1.57. The predicted octanol–water partition coefficient (Wildman–Crippen LogP) is -6.87. The molecule has 0 saturated carbocycles. The molecule has 0 aromatic rings. The first-order valence-corrected chi connectivity index (χ1v) is 4.27. The third-order valence-electron chi connectivity index (χ3n) is 2.30. The van der Waals surface area contributed by atoms with Gasteiger partial charge in [-0.25, -0.2) is 0 Å². The number of halogens is 3. The second-order valence-corrected chi connectivity index (χ2v) is 3.15. The first-order chi connectivity index (χ1) is 5.88. The molecule has 2 aliphatic rings. The molecule has 1 N–H and O–H groups in total. The van der Waals surface area contributed by atoms with Gasteiger partial charge in [0, 0.05) is 25.8 Å². The Bertz CT molecular complexity index is 278. The van der Waals surface area contributed by atoms with Crippen LogP contribution in [0.2, 0.25) is 0 Å². The van der Waals surface area contributed by atoms with E-state index < -0.39 is 0 Å². The van der Waals surface area contributed by atoms with Gasteiger partial charge in [0.1, 0.15) is 0 Å². The van der Waals surface area contributed by atoms with Crippen molar-refractivity contribution in [1.29, 1.82) is 0 Å². The van der Waals surface area contributed by atoms with Crippen molar-refractivity contribution in [3.8, 4) is 0 Å². The smallest absolute Gasteiger partial charge is 0.0973 e. The largest absolute Gasteiger partial charge is 1.00 e. The standard InChI is InChI=1S/C11H12O.3ClH.Hf/c12-11(9-5-1-2-6-9)10-7-3-4-8-10;;;;/h1-5,7,11-12H,6,8H2;3*1H;/p-3. The van der Waals surface area contributed by atoms with Gasteiger partial charge in [-0.2, -0.15) is 0 Å². The Morgan fingerprint density at radius 3 is 1.50 bits per heavy atom. The van der Waals surface area contributed by atoms with Crippen molar-refractivity contribution in [3.05, 3.63) is 47.6 Å². The number of aliphatic hydroxyl groups excluding tert-OH is 1. The van der Waals surface area contributed by atoms with Gasteiger partial charge < -0.3 is 42.3 Å². The summed E-state index contributed by atoms with van der Waals surface area (Å²) in [6.45, 7) is 0. The van der Waals surface area contributed by atoms with E-state index in [0.717, 1.165) is 24.0 Å². The maximum absolute atomic E-state index is 9.83. The quantitative estimate of drug-likeness (QED) is 0.420. The van der Waals surface area contributed by atoms with E-state index in [2.05, 4.69) is 12.2 Å². The Balaban J connectivity index is -0.000000422. The molecule has 0 bridgehead atoms. The van der Waals surface area contributed by atoms with Crippen LogP contribution in [-0.2, 0) is 25.8 Å². The molecule has 0 heterocycles. The fraction of sp³-hybridized carbons (Fsp3) is 0.273. The van der Waals surface area contributed by atoms with Crippen molar-refractivity contribution in [1.82, 2.24) is 0 Å². The minimum absolute atomic E-state index is 0. The zero-order chi connectivity index (χ0) is 8.39. The van der Waals surface area contributed by atoms with Gasteiger partial charge in [-0.3, -0.25) is 0 Å². The first-order valence-electron chi connectivity index (χ1n) is 4.27. The molecular weight excluding hydrogens is 433 g/mol. The molecule has 1 nitrogen and oxygen atoms in total. The SMILES string of the molecule is OC(C1=CC=CC1)C1=CC=CC1.[Cl-].[Cl-].[Cl-].[Hf]. The Morgan fingerprint density at radius 2 is 1.25 bits per heavy atom. The van der Waals surface area contributed by atoms with E-state index in [1.807, 2.05) is 24.3 Å². The summed E-state index contributed by atoms with van der Waals surface area (Å²) in [6.07, 6.45) is 13.6. The van der Waals surface area contributed by atoms with Crippen molar-refractivity contribution in [2.24, 2.45) is 0 Å². The number of hydrogen-bond acceptors (Lipinski definition) is 1. The van der Waals surface area contributed by atoms with Crippen LogP contribution in [0.15, 0.2) is 47.6 Å². The van der Waals surface area contributed by atoms with Crippen molar-refractivity contribution in [2.45, 2.75) is 18.9 Å². The molecule has 0 aliphatic heterocycles. The Hall–Kier alpha value is 0.660. The second-order valence-electron chi connectivity index (χ2n) is 3.15. The van der Waals surface area contributed by atoms with Crippen molar-refractivity contribution in [3.63, 3.8) is 0 Å². The Morgan fingerprint density at radius 1 is 0.875 bits per heavy atom. The van der Waals surface area contributed by atoms with Crippen molar-refractivity contribution < 1.29 is 68.2 Å². The normalized spacial score (nSPS) is 15.4. The van der Waals surface area contributed by atoms with Crippen LogP contribution in [0.5, 0.6) is 0 Å². The molecule has 5 heteroatoms. The molecule has 90 valence electrons. The van der Waals surface area contributed by atoms with Crippen LogP contribution in [0.25, 0.3) is 0 Å². The molecular formula is C11H12Cl3HfO-3. The van der Waals surface area contributed by atoms with Gasteiger partial charge in [-0.15, -0.1) is 0 Å². The topological polar surface area (TPSA) is 20.2 Å². The molecule has 0 unspecified atom stereocenters. The fourth-order valence-electron chi connectivity index (χ4n) is 1.57. The van der Waals surface area contributed by atoms with E-state index in [4.69, 9.17) is 0 Å². The van der Waals surface area contributed by atoms with Crippen molar-refractivity contribution in [2.75, 3.05) is 0 Å². The molecule has 0 aromatic heterocycles. The predicted molar refractivity (Wildman–Crippen MR) is 49.7 cm³/mol. The van der Waals surface area contributed by atoms with Gasteiger partial charge in [-0.05, 0) is 24.0 Å². The van der Waals surface area contributed by atoms with Gasteiger partial charge in [-0.1, -0.05) is 36.5 Å². The van der Waals surface area contributed by atoms with E-state index in [0.29, 0.717) is 0 Å². The van der Waals surface area contributed by atoms with Crippen LogP contribution in [0.1, 0.15) is 12.8 Å². The minimum Gasteiger partial charge on any atom is -1.00 e. The average Bonchev–Trinajstić information content (AvgIpc) is 2.77. The summed E-state index contributed by atoms with van der Waals surface area (Å²) in [5, 5.41) is 9.83. The summed E-state index contributed by atoms with van der Waals surface area (Å²) in [5.41, 5.74) is 2.23. The van der Waals surface area contributed by atoms with Gasteiger partial charge in [0.15, 0.2) is 0 Å². The van der Waals surface area contributed by atoms with E-state index in [1.54, 1.807) is 0 Å². The Labute approximate surface area is 134 Å². The van der Waals surface area contributed by atoms with Gasteiger partial charge in [0.25, 0.3) is 0 Å². The molecule has 0 fully saturated rings. The molecule has 0 aromatic carbocycles. The molecule has 0 spiro atoms. The average molecular weight is 445 g/mol. The second kappa shape index (κ2) is 10.8. The van der Waals surface area contributed by atoms with Crippen LogP contribution in [0.4, 0.5) is 0 Å². The van der Waals surface area contributed by atoms with E-state index in [-0.39, 0.29) is 69.2 Å². The minimum atomic E-state index is -0.352. The summed E-state index contributed by atoms with van der Waals surface area (Å²) < 4.78 is 0. The Kier molecular flexibility index (Phi) is 14.8. The summed E-state index contributed by atoms with van der Waals surface area (Å²) in [6, 6.07) is 0. The number of rotatable bonds is 2. The number of allylic oxidation sites excluding steroid dienone is 6. The van der Waals surface area contributed by atoms with Gasteiger partial charge in [0.2, 0.25) is 0 Å². The van der Waals surface area contributed by atoms with E-state index >= 15 is 0 Å². The van der Waals surface area contributed by atoms with Crippen molar-refractivity contribution >= 4 is 0 Å². The molecule has 2 rings (SSSR count). The maximum Gasteiger partial charge on any atom is 0.0973 e. The van der Waals surface area contributed by atoms with Crippen LogP contribution >= 0.6 is 0 Å². The maximum atomic E-state index is 9.83. The van der Waals surface area contributed by atoms with Gasteiger partial charge >= 0.3 is 0 Å². The molecule has 0 radical (unpaired) electrons. The first kappa shape index (κ1) is 21.9. The molecule has 0 saturated heterocycles. The molecule has 16 heavy (non-hydrogen) atoms. The molecule has 0 amide bonds. The summed E-state index contributed by atoms with van der Waals surface area (Å²) in [4.78, 5) is 0. The third kappa shape index (κ3) is 5.33. The zero-order valence-corrected chi connectivity index (χ0v) is 14.4. The monoisotopic (exact) mass is 445 g/mol. The van der Waals surface area contributed by atoms with E-state index in [1.165, 1.54) is 0 Å². The summed E-state index contributed by atoms with van der Waals surface area (Å²) in [7, 11) is 0. The number of hydrogen-bond donors (Lipinski definition) is 1. The van der Waals surface area contributed by atoms with Crippen LogP contribution < -0.4 is 37.2 Å². The van der Waals surface area contributed by atoms with E-state index in [9.17, 15) is 5.11 Å². The number of aliphatic hydroxyl groups is 1.